The number of pyridine rings is 1. The number of benzene rings is 1. The minimum absolute atomic E-state index is 0.00716. The average Bonchev–Trinajstić information content (AvgIpc) is 2.78. The molecule has 3 heterocycles. The number of alkyl halides is 3. The van der Waals surface area contributed by atoms with Gasteiger partial charge in [0.05, 0.1) is 6.54 Å². The van der Waals surface area contributed by atoms with Crippen molar-refractivity contribution in [3.05, 3.63) is 65.7 Å². The zero-order chi connectivity index (χ0) is 23.6. The third-order valence-electron chi connectivity index (χ3n) is 4.92. The van der Waals surface area contributed by atoms with Crippen molar-refractivity contribution in [2.45, 2.75) is 13.1 Å². The summed E-state index contributed by atoms with van der Waals surface area (Å²) in [5.41, 5.74) is 1.98. The Morgan fingerprint density at radius 3 is 2.64 bits per heavy atom. The maximum Gasteiger partial charge on any atom is 0.433 e. The van der Waals surface area contributed by atoms with Crippen molar-refractivity contribution >= 4 is 23.5 Å². The van der Waals surface area contributed by atoms with Gasteiger partial charge in [-0.25, -0.2) is 9.97 Å². The van der Waals surface area contributed by atoms with E-state index >= 15 is 0 Å². The quantitative estimate of drug-likeness (QED) is 0.626. The molecule has 0 atom stereocenters. The number of amides is 2. The number of aryl methyl sites for hydroxylation is 1. The third kappa shape index (κ3) is 5.25. The SMILES string of the molecule is Cc1cc(Nc2nccc(C(F)(F)F)n2)cc(-c2ccc(C(=O)N3CCNC(=O)C3)nc2)c1. The lowest BCUT2D eigenvalue weighted by Crippen LogP contribution is -2.50. The van der Waals surface area contributed by atoms with E-state index in [-0.39, 0.29) is 30.0 Å². The van der Waals surface area contributed by atoms with Crippen LogP contribution in [0.15, 0.2) is 48.8 Å². The summed E-state index contributed by atoms with van der Waals surface area (Å²) in [4.78, 5) is 37.2. The van der Waals surface area contributed by atoms with E-state index in [1.54, 1.807) is 24.3 Å². The normalized spacial score (nSPS) is 14.1. The zero-order valence-electron chi connectivity index (χ0n) is 17.5. The highest BCUT2D eigenvalue weighted by Gasteiger charge is 2.32. The van der Waals surface area contributed by atoms with Crippen molar-refractivity contribution in [1.82, 2.24) is 25.2 Å². The number of anilines is 2. The molecule has 33 heavy (non-hydrogen) atoms. The molecule has 1 aliphatic rings. The molecule has 170 valence electrons. The minimum atomic E-state index is -4.57. The van der Waals surface area contributed by atoms with Gasteiger partial charge in [-0.1, -0.05) is 12.1 Å². The molecule has 3 aromatic rings. The van der Waals surface area contributed by atoms with Crippen LogP contribution in [0.1, 0.15) is 21.7 Å². The van der Waals surface area contributed by atoms with Crippen LogP contribution in [0.3, 0.4) is 0 Å². The lowest BCUT2D eigenvalue weighted by molar-refractivity contribution is -0.141. The molecular weight excluding hydrogens is 437 g/mol. The maximum atomic E-state index is 12.9. The van der Waals surface area contributed by atoms with E-state index in [0.717, 1.165) is 23.4 Å². The van der Waals surface area contributed by atoms with Gasteiger partial charge in [-0.05, 0) is 42.3 Å². The number of halogens is 3. The second-order valence-corrected chi connectivity index (χ2v) is 7.48. The number of hydrogen-bond donors (Lipinski definition) is 2. The molecule has 0 bridgehead atoms. The summed E-state index contributed by atoms with van der Waals surface area (Å²) < 4.78 is 38.7. The highest BCUT2D eigenvalue weighted by molar-refractivity contribution is 5.95. The molecule has 0 radical (unpaired) electrons. The average molecular weight is 456 g/mol. The van der Waals surface area contributed by atoms with Crippen molar-refractivity contribution in [3.8, 4) is 11.1 Å². The van der Waals surface area contributed by atoms with Gasteiger partial charge in [0.15, 0.2) is 0 Å². The van der Waals surface area contributed by atoms with Gasteiger partial charge in [-0.3, -0.25) is 14.6 Å². The molecule has 2 amide bonds. The van der Waals surface area contributed by atoms with Gasteiger partial charge in [-0.2, -0.15) is 13.2 Å². The van der Waals surface area contributed by atoms with Crippen molar-refractivity contribution in [3.63, 3.8) is 0 Å². The van der Waals surface area contributed by atoms with Gasteiger partial charge >= 0.3 is 6.18 Å². The number of hydrogen-bond acceptors (Lipinski definition) is 6. The van der Waals surface area contributed by atoms with Gasteiger partial charge in [0.2, 0.25) is 11.9 Å². The maximum absolute atomic E-state index is 12.9. The van der Waals surface area contributed by atoms with E-state index in [0.29, 0.717) is 24.3 Å². The fourth-order valence-corrected chi connectivity index (χ4v) is 3.39. The molecule has 11 heteroatoms. The Morgan fingerprint density at radius 1 is 1.12 bits per heavy atom. The van der Waals surface area contributed by atoms with Crippen LogP contribution >= 0.6 is 0 Å². The van der Waals surface area contributed by atoms with Crippen LogP contribution in [0.2, 0.25) is 0 Å². The van der Waals surface area contributed by atoms with E-state index < -0.39 is 11.9 Å². The number of carbonyl (C=O) groups is 2. The summed E-state index contributed by atoms with van der Waals surface area (Å²) in [5.74, 6) is -0.716. The number of aromatic nitrogens is 3. The van der Waals surface area contributed by atoms with Crippen LogP contribution in [-0.4, -0.2) is 51.3 Å². The van der Waals surface area contributed by atoms with Crippen LogP contribution in [0.25, 0.3) is 11.1 Å². The molecule has 2 aromatic heterocycles. The summed E-state index contributed by atoms with van der Waals surface area (Å²) in [6, 6.07) is 9.46. The first kappa shape index (κ1) is 22.2. The summed E-state index contributed by atoms with van der Waals surface area (Å²) in [6.07, 6.45) is -1.99. The number of rotatable bonds is 4. The predicted octanol–water partition coefficient (Wildman–Crippen LogP) is 3.18. The fraction of sp³-hybridized carbons (Fsp3) is 0.227. The highest BCUT2D eigenvalue weighted by Crippen LogP contribution is 2.29. The Kier molecular flexibility index (Phi) is 5.95. The number of nitrogens with one attached hydrogen (secondary N) is 2. The molecule has 4 rings (SSSR count). The fourth-order valence-electron chi connectivity index (χ4n) is 3.39. The molecule has 8 nitrogen and oxygen atoms in total. The van der Waals surface area contributed by atoms with Gasteiger partial charge in [0.1, 0.15) is 11.4 Å². The summed E-state index contributed by atoms with van der Waals surface area (Å²) in [7, 11) is 0. The first-order valence-corrected chi connectivity index (χ1v) is 10.0. The second-order valence-electron chi connectivity index (χ2n) is 7.48. The van der Waals surface area contributed by atoms with Crippen molar-refractivity contribution < 1.29 is 22.8 Å². The molecule has 0 spiro atoms. The first-order chi connectivity index (χ1) is 15.7. The third-order valence-corrected chi connectivity index (χ3v) is 4.92. The molecule has 0 unspecified atom stereocenters. The topological polar surface area (TPSA) is 100 Å². The lowest BCUT2D eigenvalue weighted by atomic mass is 10.0. The van der Waals surface area contributed by atoms with Crippen molar-refractivity contribution in [1.29, 1.82) is 0 Å². The lowest BCUT2D eigenvalue weighted by Gasteiger charge is -2.26. The summed E-state index contributed by atoms with van der Waals surface area (Å²) in [5, 5.41) is 5.47. The van der Waals surface area contributed by atoms with Crippen LogP contribution in [0.4, 0.5) is 24.8 Å². The Labute approximate surface area is 186 Å². The summed E-state index contributed by atoms with van der Waals surface area (Å²) >= 11 is 0. The largest absolute Gasteiger partial charge is 0.433 e. The number of carbonyl (C=O) groups excluding carboxylic acids is 2. The molecule has 0 saturated carbocycles. The van der Waals surface area contributed by atoms with E-state index in [1.807, 2.05) is 13.0 Å². The standard InChI is InChI=1S/C22H19F3N6O2/c1-13-8-15(10-16(9-13)29-21-27-5-4-18(30-21)22(23,24)25)14-2-3-17(28-11-14)20(33)31-7-6-26-19(32)12-31/h2-5,8-11H,6-7,12H2,1H3,(H,26,32)(H,27,29,30). The molecule has 1 aliphatic heterocycles. The van der Waals surface area contributed by atoms with E-state index in [2.05, 4.69) is 25.6 Å². The van der Waals surface area contributed by atoms with E-state index in [9.17, 15) is 22.8 Å². The molecule has 2 N–H and O–H groups in total. The zero-order valence-corrected chi connectivity index (χ0v) is 17.5. The predicted molar refractivity (Wildman–Crippen MR) is 114 cm³/mol. The minimum Gasteiger partial charge on any atom is -0.353 e. The monoisotopic (exact) mass is 456 g/mol. The summed E-state index contributed by atoms with van der Waals surface area (Å²) in [6.45, 7) is 2.65. The Morgan fingerprint density at radius 2 is 1.94 bits per heavy atom. The van der Waals surface area contributed by atoms with Gasteiger partial charge < -0.3 is 15.5 Å². The molecule has 0 aliphatic carbocycles. The number of piperazine rings is 1. The number of nitrogens with zero attached hydrogens (tertiary/aromatic N) is 4. The molecule has 1 saturated heterocycles. The van der Waals surface area contributed by atoms with E-state index in [1.165, 1.54) is 11.1 Å². The smallest absolute Gasteiger partial charge is 0.353 e. The second kappa shape index (κ2) is 8.85. The van der Waals surface area contributed by atoms with Crippen molar-refractivity contribution in [2.24, 2.45) is 0 Å². The van der Waals surface area contributed by atoms with E-state index in [4.69, 9.17) is 0 Å². The van der Waals surface area contributed by atoms with Gasteiger partial charge in [0, 0.05) is 36.7 Å². The van der Waals surface area contributed by atoms with Gasteiger partial charge in [-0.15, -0.1) is 0 Å². The Hall–Kier alpha value is -4.02. The van der Waals surface area contributed by atoms with Crippen molar-refractivity contribution in [2.75, 3.05) is 25.0 Å². The van der Waals surface area contributed by atoms with Crippen LogP contribution in [0.5, 0.6) is 0 Å². The van der Waals surface area contributed by atoms with Crippen LogP contribution in [0, 0.1) is 6.92 Å². The molecule has 1 aromatic carbocycles. The van der Waals surface area contributed by atoms with Crippen LogP contribution in [-0.2, 0) is 11.0 Å². The Bertz CT molecular complexity index is 1200. The van der Waals surface area contributed by atoms with Crippen LogP contribution < -0.4 is 10.6 Å². The first-order valence-electron chi connectivity index (χ1n) is 10.0. The molecular formula is C22H19F3N6O2. The van der Waals surface area contributed by atoms with Gasteiger partial charge in [0.25, 0.3) is 5.91 Å². The molecule has 1 fully saturated rings. The Balaban J connectivity index is 1.54. The highest BCUT2D eigenvalue weighted by atomic mass is 19.4.